The Kier molecular flexibility index (Phi) is 2.62. The van der Waals surface area contributed by atoms with Crippen LogP contribution in [0.5, 0.6) is 0 Å². The van der Waals surface area contributed by atoms with Gasteiger partial charge in [0.1, 0.15) is 0 Å². The van der Waals surface area contributed by atoms with Crippen LogP contribution in [0.4, 0.5) is 0 Å². The molecular weight excluding hydrogens is 180 g/mol. The molecule has 2 aliphatic carbocycles. The Balaban J connectivity index is 2.27. The molecule has 0 aromatic carbocycles. The Bertz CT molecular complexity index is 343. The van der Waals surface area contributed by atoms with E-state index >= 15 is 0 Å². The molecule has 82 valence electrons. The quantitative estimate of drug-likeness (QED) is 0.543. The summed E-state index contributed by atoms with van der Waals surface area (Å²) >= 11 is 0. The second-order valence-corrected chi connectivity index (χ2v) is 5.50. The van der Waals surface area contributed by atoms with Crippen molar-refractivity contribution >= 4 is 0 Å². The molecule has 2 aliphatic rings. The van der Waals surface area contributed by atoms with E-state index in [1.807, 2.05) is 0 Å². The summed E-state index contributed by atoms with van der Waals surface area (Å²) in [6.45, 7) is 11.2. The first-order valence-corrected chi connectivity index (χ1v) is 6.08. The molecule has 2 atom stereocenters. The van der Waals surface area contributed by atoms with Gasteiger partial charge in [0.25, 0.3) is 0 Å². The van der Waals surface area contributed by atoms with Crippen LogP contribution in [0.15, 0.2) is 35.5 Å². The van der Waals surface area contributed by atoms with E-state index in [9.17, 15) is 0 Å². The van der Waals surface area contributed by atoms with Crippen LogP contribution in [0.3, 0.4) is 0 Å². The smallest absolute Gasteiger partial charge is 0.00475 e. The molecule has 0 radical (unpaired) electrons. The Morgan fingerprint density at radius 3 is 2.47 bits per heavy atom. The summed E-state index contributed by atoms with van der Waals surface area (Å²) in [6, 6.07) is 0. The third-order valence-electron chi connectivity index (χ3n) is 4.62. The fourth-order valence-electron chi connectivity index (χ4n) is 2.96. The zero-order valence-electron chi connectivity index (χ0n) is 10.3. The van der Waals surface area contributed by atoms with Gasteiger partial charge in [-0.25, -0.2) is 0 Å². The lowest BCUT2D eigenvalue weighted by Gasteiger charge is -2.34. The van der Waals surface area contributed by atoms with Crippen molar-refractivity contribution in [2.45, 2.75) is 46.5 Å². The van der Waals surface area contributed by atoms with Gasteiger partial charge in [0.2, 0.25) is 0 Å². The topological polar surface area (TPSA) is 0 Å². The molecule has 0 heteroatoms. The minimum Gasteiger partial charge on any atom is -0.0996 e. The van der Waals surface area contributed by atoms with Crippen molar-refractivity contribution in [3.05, 3.63) is 35.5 Å². The van der Waals surface area contributed by atoms with Crippen molar-refractivity contribution < 1.29 is 0 Å². The average molecular weight is 202 g/mol. The fraction of sp³-hybridized carbons (Fsp3) is 0.600. The predicted octanol–water partition coefficient (Wildman–Crippen LogP) is 4.65. The van der Waals surface area contributed by atoms with Crippen molar-refractivity contribution in [3.63, 3.8) is 0 Å². The first-order valence-electron chi connectivity index (χ1n) is 6.08. The molecule has 0 nitrogen and oxygen atoms in total. The molecule has 0 aromatic rings. The minimum absolute atomic E-state index is 0.397. The average Bonchev–Trinajstić information content (AvgIpc) is 2.48. The molecule has 0 heterocycles. The maximum atomic E-state index is 4.20. The van der Waals surface area contributed by atoms with Gasteiger partial charge in [-0.05, 0) is 43.9 Å². The van der Waals surface area contributed by atoms with Gasteiger partial charge >= 0.3 is 0 Å². The summed E-state index contributed by atoms with van der Waals surface area (Å²) in [6.07, 6.45) is 9.70. The number of hydrogen-bond donors (Lipinski definition) is 0. The fourth-order valence-corrected chi connectivity index (χ4v) is 2.96. The number of rotatable bonds is 1. The van der Waals surface area contributed by atoms with Crippen molar-refractivity contribution in [1.29, 1.82) is 0 Å². The van der Waals surface area contributed by atoms with Crippen LogP contribution in [0.2, 0.25) is 0 Å². The zero-order valence-corrected chi connectivity index (χ0v) is 10.3. The summed E-state index contributed by atoms with van der Waals surface area (Å²) in [7, 11) is 0. The Labute approximate surface area is 93.8 Å². The first-order chi connectivity index (χ1) is 7.04. The van der Waals surface area contributed by atoms with E-state index in [4.69, 9.17) is 0 Å². The molecule has 1 saturated carbocycles. The third-order valence-corrected chi connectivity index (χ3v) is 4.62. The summed E-state index contributed by atoms with van der Waals surface area (Å²) in [4.78, 5) is 0. The minimum atomic E-state index is 0.397. The molecule has 15 heavy (non-hydrogen) atoms. The van der Waals surface area contributed by atoms with E-state index in [-0.39, 0.29) is 0 Å². The molecule has 0 bridgehead atoms. The second-order valence-electron chi connectivity index (χ2n) is 5.50. The Morgan fingerprint density at radius 1 is 1.27 bits per heavy atom. The summed E-state index contributed by atoms with van der Waals surface area (Å²) < 4.78 is 0. The molecule has 0 spiro atoms. The lowest BCUT2D eigenvalue weighted by atomic mass is 9.71. The molecule has 1 fully saturated rings. The van der Waals surface area contributed by atoms with Gasteiger partial charge < -0.3 is 0 Å². The predicted molar refractivity (Wildman–Crippen MR) is 66.7 cm³/mol. The van der Waals surface area contributed by atoms with Crippen molar-refractivity contribution in [1.82, 2.24) is 0 Å². The monoisotopic (exact) mass is 202 g/mol. The molecule has 2 rings (SSSR count). The van der Waals surface area contributed by atoms with E-state index < -0.39 is 0 Å². The zero-order chi connectivity index (χ0) is 11.1. The van der Waals surface area contributed by atoms with E-state index in [1.165, 1.54) is 36.8 Å². The van der Waals surface area contributed by atoms with Gasteiger partial charge in [-0.1, -0.05) is 49.3 Å². The van der Waals surface area contributed by atoms with E-state index in [0.717, 1.165) is 0 Å². The standard InChI is InChI=1S/C15H22/c1-11-5-7-14(8-6-11)15(4)10-9-12(2)13(15)3/h5,7,13H,2,6,8-10H2,1,3-4H3. The van der Waals surface area contributed by atoms with Crippen LogP contribution in [0.25, 0.3) is 0 Å². The van der Waals surface area contributed by atoms with Crippen LogP contribution in [0, 0.1) is 11.3 Å². The van der Waals surface area contributed by atoms with E-state index in [2.05, 4.69) is 39.5 Å². The van der Waals surface area contributed by atoms with Gasteiger partial charge in [-0.15, -0.1) is 0 Å². The van der Waals surface area contributed by atoms with Crippen molar-refractivity contribution in [2.24, 2.45) is 11.3 Å². The summed E-state index contributed by atoms with van der Waals surface area (Å²) in [5, 5.41) is 0. The first kappa shape index (κ1) is 10.7. The Hall–Kier alpha value is -0.780. The van der Waals surface area contributed by atoms with Gasteiger partial charge in [0.05, 0.1) is 0 Å². The highest BCUT2D eigenvalue weighted by Crippen LogP contribution is 2.52. The summed E-state index contributed by atoms with van der Waals surface area (Å²) in [5.41, 5.74) is 5.02. The SMILES string of the molecule is C=C1CCC(C)(C2=CC=C(C)CC2)C1C. The lowest BCUT2D eigenvalue weighted by Crippen LogP contribution is -2.23. The van der Waals surface area contributed by atoms with Crippen LogP contribution < -0.4 is 0 Å². The maximum Gasteiger partial charge on any atom is -0.00475 e. The molecule has 0 aromatic heterocycles. The molecule has 0 amide bonds. The van der Waals surface area contributed by atoms with Crippen LogP contribution in [0.1, 0.15) is 46.5 Å². The van der Waals surface area contributed by atoms with Crippen molar-refractivity contribution in [2.75, 3.05) is 0 Å². The normalized spacial score (nSPS) is 36.5. The Morgan fingerprint density at radius 2 is 2.00 bits per heavy atom. The third kappa shape index (κ3) is 1.71. The molecule has 0 N–H and O–H groups in total. The largest absolute Gasteiger partial charge is 0.0996 e. The highest BCUT2D eigenvalue weighted by molar-refractivity contribution is 5.32. The summed E-state index contributed by atoms with van der Waals surface area (Å²) in [5.74, 6) is 0.663. The highest BCUT2D eigenvalue weighted by Gasteiger charge is 2.40. The lowest BCUT2D eigenvalue weighted by molar-refractivity contribution is 0.317. The van der Waals surface area contributed by atoms with Gasteiger partial charge in [0.15, 0.2) is 0 Å². The van der Waals surface area contributed by atoms with Crippen LogP contribution >= 0.6 is 0 Å². The molecule has 0 saturated heterocycles. The molecular formula is C15H22. The van der Waals surface area contributed by atoms with Gasteiger partial charge in [-0.2, -0.15) is 0 Å². The maximum absolute atomic E-state index is 4.20. The van der Waals surface area contributed by atoms with E-state index in [0.29, 0.717) is 11.3 Å². The number of hydrogen-bond acceptors (Lipinski definition) is 0. The van der Waals surface area contributed by atoms with Crippen molar-refractivity contribution in [3.8, 4) is 0 Å². The number of allylic oxidation sites excluding steroid dienone is 5. The van der Waals surface area contributed by atoms with Gasteiger partial charge in [0, 0.05) is 0 Å². The van der Waals surface area contributed by atoms with Gasteiger partial charge in [-0.3, -0.25) is 0 Å². The second kappa shape index (κ2) is 3.66. The van der Waals surface area contributed by atoms with Crippen LogP contribution in [-0.4, -0.2) is 0 Å². The molecule has 0 aliphatic heterocycles. The molecule has 2 unspecified atom stereocenters. The van der Waals surface area contributed by atoms with E-state index in [1.54, 1.807) is 5.57 Å². The van der Waals surface area contributed by atoms with Crippen LogP contribution in [-0.2, 0) is 0 Å². The highest BCUT2D eigenvalue weighted by atomic mass is 14.4.